The van der Waals surface area contributed by atoms with Gasteiger partial charge in [0, 0.05) is 30.4 Å². The molecule has 0 fully saturated rings. The monoisotopic (exact) mass is 326 g/mol. The Morgan fingerprint density at radius 1 is 1.45 bits per heavy atom. The number of carbonyl (C=O) groups is 2. The van der Waals surface area contributed by atoms with Crippen molar-refractivity contribution in [3.05, 3.63) is 10.6 Å². The van der Waals surface area contributed by atoms with Crippen molar-refractivity contribution in [2.45, 2.75) is 39.8 Å². The normalized spacial score (nSPS) is 14.5. The fourth-order valence-corrected chi connectivity index (χ4v) is 3.27. The standard InChI is InChI=1S/C14H22N4O3S/c1-4-21-12(19)8-18-6-5-10-11(7-18)22-14(16-10)17-13(20)15-9(2)3/h9H,4-8H2,1-3H3,(H2,15,16,17,20). The number of esters is 1. The summed E-state index contributed by atoms with van der Waals surface area (Å²) in [6, 6.07) is -0.167. The van der Waals surface area contributed by atoms with Crippen molar-refractivity contribution in [2.24, 2.45) is 0 Å². The van der Waals surface area contributed by atoms with Crippen molar-refractivity contribution in [2.75, 3.05) is 25.0 Å². The molecule has 2 N–H and O–H groups in total. The van der Waals surface area contributed by atoms with Gasteiger partial charge in [0.2, 0.25) is 0 Å². The highest BCUT2D eigenvalue weighted by molar-refractivity contribution is 7.15. The molecule has 8 heteroatoms. The minimum Gasteiger partial charge on any atom is -0.465 e. The summed E-state index contributed by atoms with van der Waals surface area (Å²) in [7, 11) is 0. The molecule has 1 aromatic heterocycles. The average Bonchev–Trinajstić information content (AvgIpc) is 2.79. The Hall–Kier alpha value is -1.67. The highest BCUT2D eigenvalue weighted by Gasteiger charge is 2.23. The molecule has 0 radical (unpaired) electrons. The van der Waals surface area contributed by atoms with Gasteiger partial charge in [0.05, 0.1) is 18.8 Å². The number of carbonyl (C=O) groups excluding carboxylic acids is 2. The summed E-state index contributed by atoms with van der Waals surface area (Å²) in [5, 5.41) is 6.12. The zero-order chi connectivity index (χ0) is 16.1. The summed E-state index contributed by atoms with van der Waals surface area (Å²) in [6.07, 6.45) is 0.777. The average molecular weight is 326 g/mol. The number of amides is 2. The Kier molecular flexibility index (Phi) is 5.73. The number of urea groups is 1. The van der Waals surface area contributed by atoms with E-state index in [1.54, 1.807) is 6.92 Å². The number of anilines is 1. The zero-order valence-corrected chi connectivity index (χ0v) is 14.0. The first-order chi connectivity index (χ1) is 10.5. The molecule has 22 heavy (non-hydrogen) atoms. The number of hydrogen-bond acceptors (Lipinski definition) is 6. The van der Waals surface area contributed by atoms with Gasteiger partial charge in [0.15, 0.2) is 5.13 Å². The van der Waals surface area contributed by atoms with Crippen LogP contribution in [0.3, 0.4) is 0 Å². The van der Waals surface area contributed by atoms with E-state index in [0.29, 0.717) is 24.8 Å². The number of nitrogens with zero attached hydrogens (tertiary/aromatic N) is 2. The second kappa shape index (κ2) is 7.55. The van der Waals surface area contributed by atoms with E-state index in [2.05, 4.69) is 15.6 Å². The lowest BCUT2D eigenvalue weighted by Crippen LogP contribution is -2.35. The summed E-state index contributed by atoms with van der Waals surface area (Å²) in [5.41, 5.74) is 1.00. The van der Waals surface area contributed by atoms with Crippen LogP contribution in [0.25, 0.3) is 0 Å². The third kappa shape index (κ3) is 4.67. The maximum Gasteiger partial charge on any atom is 0.321 e. The van der Waals surface area contributed by atoms with E-state index < -0.39 is 0 Å². The van der Waals surface area contributed by atoms with Gasteiger partial charge in [-0.3, -0.25) is 15.0 Å². The van der Waals surface area contributed by atoms with Crippen LogP contribution in [-0.4, -0.2) is 47.6 Å². The molecule has 0 aliphatic carbocycles. The summed E-state index contributed by atoms with van der Waals surface area (Å²) in [6.45, 7) is 7.74. The van der Waals surface area contributed by atoms with E-state index >= 15 is 0 Å². The predicted octanol–water partition coefficient (Wildman–Crippen LogP) is 1.59. The number of fused-ring (bicyclic) bond motifs is 1. The van der Waals surface area contributed by atoms with Crippen molar-refractivity contribution in [3.63, 3.8) is 0 Å². The van der Waals surface area contributed by atoms with Crippen LogP contribution in [0.5, 0.6) is 0 Å². The molecular formula is C14H22N4O3S. The fourth-order valence-electron chi connectivity index (χ4n) is 2.22. The van der Waals surface area contributed by atoms with E-state index in [1.165, 1.54) is 11.3 Å². The Morgan fingerprint density at radius 2 is 2.23 bits per heavy atom. The molecule has 0 spiro atoms. The number of thiazole rings is 1. The van der Waals surface area contributed by atoms with Crippen LogP contribution in [0.1, 0.15) is 31.3 Å². The number of hydrogen-bond donors (Lipinski definition) is 2. The largest absolute Gasteiger partial charge is 0.465 e. The molecule has 1 aromatic rings. The number of ether oxygens (including phenoxy) is 1. The second-order valence-corrected chi connectivity index (χ2v) is 6.49. The molecule has 0 saturated carbocycles. The number of aromatic nitrogens is 1. The third-order valence-electron chi connectivity index (χ3n) is 3.11. The van der Waals surface area contributed by atoms with Gasteiger partial charge in [-0.05, 0) is 20.8 Å². The lowest BCUT2D eigenvalue weighted by molar-refractivity contribution is -0.144. The van der Waals surface area contributed by atoms with Gasteiger partial charge in [0.25, 0.3) is 0 Å². The molecule has 2 rings (SSSR count). The molecule has 0 aromatic carbocycles. The van der Waals surface area contributed by atoms with Gasteiger partial charge < -0.3 is 10.1 Å². The topological polar surface area (TPSA) is 83.6 Å². The molecule has 0 saturated heterocycles. The minimum absolute atomic E-state index is 0.0784. The van der Waals surface area contributed by atoms with Crippen molar-refractivity contribution >= 4 is 28.5 Å². The Bertz CT molecular complexity index is 544. The van der Waals surface area contributed by atoms with Gasteiger partial charge in [-0.25, -0.2) is 9.78 Å². The quantitative estimate of drug-likeness (QED) is 0.803. The SMILES string of the molecule is CCOC(=O)CN1CCc2nc(NC(=O)NC(C)C)sc2C1. The molecule has 122 valence electrons. The Balaban J connectivity index is 1.92. The number of nitrogens with one attached hydrogen (secondary N) is 2. The first-order valence-corrected chi connectivity index (χ1v) is 8.23. The van der Waals surface area contributed by atoms with E-state index in [1.807, 2.05) is 18.7 Å². The third-order valence-corrected chi connectivity index (χ3v) is 4.11. The van der Waals surface area contributed by atoms with Gasteiger partial charge in [-0.1, -0.05) is 0 Å². The Labute approximate surface area is 134 Å². The summed E-state index contributed by atoms with van der Waals surface area (Å²) >= 11 is 1.46. The van der Waals surface area contributed by atoms with Crippen molar-refractivity contribution in [1.82, 2.24) is 15.2 Å². The predicted molar refractivity (Wildman–Crippen MR) is 85.0 cm³/mol. The van der Waals surface area contributed by atoms with E-state index in [-0.39, 0.29) is 18.0 Å². The van der Waals surface area contributed by atoms with E-state index in [0.717, 1.165) is 23.5 Å². The molecular weight excluding hydrogens is 304 g/mol. The Morgan fingerprint density at radius 3 is 2.91 bits per heavy atom. The minimum atomic E-state index is -0.246. The summed E-state index contributed by atoms with van der Waals surface area (Å²) in [5.74, 6) is -0.204. The maximum atomic E-state index is 11.7. The molecule has 2 heterocycles. The van der Waals surface area contributed by atoms with Crippen molar-refractivity contribution < 1.29 is 14.3 Å². The van der Waals surface area contributed by atoms with Crippen molar-refractivity contribution in [1.29, 1.82) is 0 Å². The lowest BCUT2D eigenvalue weighted by Gasteiger charge is -2.24. The highest BCUT2D eigenvalue weighted by Crippen LogP contribution is 2.28. The fraction of sp³-hybridized carbons (Fsp3) is 0.643. The molecule has 1 aliphatic heterocycles. The number of rotatable bonds is 5. The summed E-state index contributed by atoms with van der Waals surface area (Å²) in [4.78, 5) is 30.8. The second-order valence-electron chi connectivity index (χ2n) is 5.41. The zero-order valence-electron chi connectivity index (χ0n) is 13.1. The van der Waals surface area contributed by atoms with Gasteiger partial charge in [-0.15, -0.1) is 11.3 Å². The molecule has 7 nitrogen and oxygen atoms in total. The lowest BCUT2D eigenvalue weighted by atomic mass is 10.2. The van der Waals surface area contributed by atoms with Crippen LogP contribution >= 0.6 is 11.3 Å². The van der Waals surface area contributed by atoms with Crippen LogP contribution in [0, 0.1) is 0 Å². The van der Waals surface area contributed by atoms with E-state index in [9.17, 15) is 9.59 Å². The van der Waals surface area contributed by atoms with Crippen LogP contribution in [-0.2, 0) is 22.5 Å². The van der Waals surface area contributed by atoms with Crippen LogP contribution < -0.4 is 10.6 Å². The molecule has 1 aliphatic rings. The summed E-state index contributed by atoms with van der Waals surface area (Å²) < 4.78 is 4.97. The van der Waals surface area contributed by atoms with Crippen LogP contribution in [0.4, 0.5) is 9.93 Å². The van der Waals surface area contributed by atoms with Gasteiger partial charge in [0.1, 0.15) is 0 Å². The van der Waals surface area contributed by atoms with Crippen LogP contribution in [0.15, 0.2) is 0 Å². The highest BCUT2D eigenvalue weighted by atomic mass is 32.1. The molecule has 0 atom stereocenters. The first kappa shape index (κ1) is 16.7. The van der Waals surface area contributed by atoms with E-state index in [4.69, 9.17) is 4.74 Å². The molecule has 0 bridgehead atoms. The smallest absolute Gasteiger partial charge is 0.321 e. The molecule has 0 unspecified atom stereocenters. The first-order valence-electron chi connectivity index (χ1n) is 7.42. The van der Waals surface area contributed by atoms with Crippen LogP contribution in [0.2, 0.25) is 0 Å². The van der Waals surface area contributed by atoms with Gasteiger partial charge in [-0.2, -0.15) is 0 Å². The molecule has 2 amide bonds. The maximum absolute atomic E-state index is 11.7. The van der Waals surface area contributed by atoms with Gasteiger partial charge >= 0.3 is 12.0 Å². The van der Waals surface area contributed by atoms with Crippen molar-refractivity contribution in [3.8, 4) is 0 Å².